The zero-order valence-electron chi connectivity index (χ0n) is 17.5. The molecule has 0 saturated heterocycles. The molecule has 0 aliphatic carbocycles. The van der Waals surface area contributed by atoms with E-state index in [1.54, 1.807) is 53.6 Å². The van der Waals surface area contributed by atoms with Gasteiger partial charge in [0.05, 0.1) is 5.69 Å². The number of carbonyl (C=O) groups is 1. The average Bonchev–Trinajstić information content (AvgIpc) is 3.51. The van der Waals surface area contributed by atoms with Crippen LogP contribution >= 0.6 is 11.3 Å². The molecule has 0 atom stereocenters. The van der Waals surface area contributed by atoms with Crippen molar-refractivity contribution >= 4 is 22.9 Å². The van der Waals surface area contributed by atoms with Crippen LogP contribution in [0, 0.1) is 6.92 Å². The molecule has 0 fully saturated rings. The Morgan fingerprint density at radius 2 is 1.88 bits per heavy atom. The van der Waals surface area contributed by atoms with Gasteiger partial charge >= 0.3 is 0 Å². The standard InChI is InChI=1S/C24H18N6O2S/c1-16-22(33-24(28-16)17-5-3-2-4-6-17)23(31)29-18-7-9-19(10-8-18)32-21-13-20(26-14-27-21)30-12-11-25-15-30/h2-15H,1H3,(H,29,31). The zero-order valence-corrected chi connectivity index (χ0v) is 18.4. The number of nitrogens with zero attached hydrogens (tertiary/aromatic N) is 5. The molecule has 1 N–H and O–H groups in total. The number of amides is 1. The molecule has 162 valence electrons. The third-order valence-electron chi connectivity index (χ3n) is 4.75. The van der Waals surface area contributed by atoms with Crippen LogP contribution in [0.2, 0.25) is 0 Å². The number of ether oxygens (including phenoxy) is 1. The van der Waals surface area contributed by atoms with E-state index in [0.29, 0.717) is 33.7 Å². The van der Waals surface area contributed by atoms with E-state index in [1.807, 2.05) is 37.3 Å². The molecule has 0 spiro atoms. The van der Waals surface area contributed by atoms with Crippen molar-refractivity contribution in [2.75, 3.05) is 5.32 Å². The van der Waals surface area contributed by atoms with Crippen LogP contribution in [0.3, 0.4) is 0 Å². The number of benzene rings is 2. The second kappa shape index (κ2) is 9.01. The number of imidazole rings is 1. The van der Waals surface area contributed by atoms with Crippen molar-refractivity contribution in [3.63, 3.8) is 0 Å². The summed E-state index contributed by atoms with van der Waals surface area (Å²) in [5, 5.41) is 3.74. The molecule has 3 heterocycles. The van der Waals surface area contributed by atoms with Gasteiger partial charge in [-0.15, -0.1) is 11.3 Å². The van der Waals surface area contributed by atoms with Gasteiger partial charge in [-0.2, -0.15) is 0 Å². The van der Waals surface area contributed by atoms with E-state index < -0.39 is 0 Å². The summed E-state index contributed by atoms with van der Waals surface area (Å²) in [6.07, 6.45) is 6.54. The second-order valence-corrected chi connectivity index (χ2v) is 8.06. The summed E-state index contributed by atoms with van der Waals surface area (Å²) in [6, 6.07) is 18.6. The van der Waals surface area contributed by atoms with E-state index in [9.17, 15) is 4.79 Å². The highest BCUT2D eigenvalue weighted by atomic mass is 32.1. The minimum Gasteiger partial charge on any atom is -0.439 e. The van der Waals surface area contributed by atoms with Crippen molar-refractivity contribution in [2.24, 2.45) is 0 Å². The summed E-state index contributed by atoms with van der Waals surface area (Å²) in [6.45, 7) is 1.84. The van der Waals surface area contributed by atoms with Crippen molar-refractivity contribution in [3.8, 4) is 28.0 Å². The number of aromatic nitrogens is 5. The molecule has 9 heteroatoms. The molecule has 2 aromatic carbocycles. The molecule has 0 aliphatic heterocycles. The van der Waals surface area contributed by atoms with Gasteiger partial charge in [-0.25, -0.2) is 19.9 Å². The second-order valence-electron chi connectivity index (χ2n) is 7.06. The Morgan fingerprint density at radius 3 is 2.64 bits per heavy atom. The van der Waals surface area contributed by atoms with Gasteiger partial charge in [0.1, 0.15) is 34.1 Å². The van der Waals surface area contributed by atoms with Crippen molar-refractivity contribution < 1.29 is 9.53 Å². The van der Waals surface area contributed by atoms with Gasteiger partial charge in [-0.05, 0) is 31.2 Å². The van der Waals surface area contributed by atoms with Gasteiger partial charge in [0, 0.05) is 29.7 Å². The summed E-state index contributed by atoms with van der Waals surface area (Å²) in [7, 11) is 0. The van der Waals surface area contributed by atoms with E-state index in [4.69, 9.17) is 4.74 Å². The van der Waals surface area contributed by atoms with E-state index >= 15 is 0 Å². The molecule has 0 bridgehead atoms. The molecule has 33 heavy (non-hydrogen) atoms. The molecule has 0 saturated carbocycles. The van der Waals surface area contributed by atoms with Crippen LogP contribution in [0.4, 0.5) is 5.69 Å². The molecule has 1 amide bonds. The number of rotatable bonds is 6. The lowest BCUT2D eigenvalue weighted by molar-refractivity contribution is 0.103. The maximum atomic E-state index is 12.8. The third-order valence-corrected chi connectivity index (χ3v) is 5.96. The highest BCUT2D eigenvalue weighted by Crippen LogP contribution is 2.29. The summed E-state index contributed by atoms with van der Waals surface area (Å²) in [4.78, 5) is 30.3. The maximum absolute atomic E-state index is 12.8. The van der Waals surface area contributed by atoms with Crippen LogP contribution in [-0.2, 0) is 0 Å². The van der Waals surface area contributed by atoms with Gasteiger partial charge in [0.25, 0.3) is 5.91 Å². The fourth-order valence-corrected chi connectivity index (χ4v) is 4.11. The Balaban J connectivity index is 1.27. The predicted octanol–water partition coefficient (Wildman–Crippen LogP) is 5.14. The monoisotopic (exact) mass is 454 g/mol. The molecule has 0 radical (unpaired) electrons. The normalized spacial score (nSPS) is 10.7. The van der Waals surface area contributed by atoms with Crippen molar-refractivity contribution in [1.29, 1.82) is 0 Å². The Hall–Kier alpha value is -4.37. The molecule has 5 aromatic rings. The summed E-state index contributed by atoms with van der Waals surface area (Å²) < 4.78 is 7.59. The Labute approximate surface area is 193 Å². The van der Waals surface area contributed by atoms with Crippen LogP contribution in [0.25, 0.3) is 16.4 Å². The molecule has 5 rings (SSSR count). The first-order chi connectivity index (χ1) is 16.2. The van der Waals surface area contributed by atoms with Gasteiger partial charge in [-0.3, -0.25) is 9.36 Å². The van der Waals surface area contributed by atoms with Gasteiger partial charge < -0.3 is 10.1 Å². The fraction of sp³-hybridized carbons (Fsp3) is 0.0417. The number of anilines is 1. The highest BCUT2D eigenvalue weighted by Gasteiger charge is 2.16. The summed E-state index contributed by atoms with van der Waals surface area (Å²) in [5.74, 6) is 1.45. The minimum absolute atomic E-state index is 0.193. The molecular formula is C24H18N6O2S. The molecular weight excluding hydrogens is 436 g/mol. The third kappa shape index (κ3) is 4.63. The first-order valence-electron chi connectivity index (χ1n) is 10.1. The topological polar surface area (TPSA) is 94.8 Å². The number of hydrogen-bond acceptors (Lipinski definition) is 7. The number of aryl methyl sites for hydroxylation is 1. The lowest BCUT2D eigenvalue weighted by Gasteiger charge is -2.08. The lowest BCUT2D eigenvalue weighted by atomic mass is 10.2. The van der Waals surface area contributed by atoms with Gasteiger partial charge in [0.2, 0.25) is 5.88 Å². The molecule has 0 unspecified atom stereocenters. The van der Waals surface area contributed by atoms with E-state index in [-0.39, 0.29) is 5.91 Å². The Kier molecular flexibility index (Phi) is 5.61. The predicted molar refractivity (Wildman–Crippen MR) is 126 cm³/mol. The maximum Gasteiger partial charge on any atom is 0.267 e. The van der Waals surface area contributed by atoms with Crippen LogP contribution in [-0.4, -0.2) is 30.4 Å². The molecule has 8 nitrogen and oxygen atoms in total. The number of hydrogen-bond donors (Lipinski definition) is 1. The molecule has 0 aliphatic rings. The molecule has 3 aromatic heterocycles. The first kappa shape index (κ1) is 20.5. The minimum atomic E-state index is -0.193. The smallest absolute Gasteiger partial charge is 0.267 e. The fourth-order valence-electron chi connectivity index (χ4n) is 3.15. The van der Waals surface area contributed by atoms with E-state index in [2.05, 4.69) is 25.3 Å². The summed E-state index contributed by atoms with van der Waals surface area (Å²) in [5.41, 5.74) is 2.35. The van der Waals surface area contributed by atoms with Crippen LogP contribution in [0.1, 0.15) is 15.4 Å². The van der Waals surface area contributed by atoms with Crippen LogP contribution in [0.15, 0.2) is 85.7 Å². The largest absolute Gasteiger partial charge is 0.439 e. The summed E-state index contributed by atoms with van der Waals surface area (Å²) >= 11 is 1.38. The Morgan fingerprint density at radius 1 is 1.06 bits per heavy atom. The number of carbonyl (C=O) groups excluding carboxylic acids is 1. The lowest BCUT2D eigenvalue weighted by Crippen LogP contribution is -2.11. The number of thiazole rings is 1. The van der Waals surface area contributed by atoms with E-state index in [0.717, 1.165) is 10.6 Å². The average molecular weight is 455 g/mol. The van der Waals surface area contributed by atoms with Crippen molar-refractivity contribution in [2.45, 2.75) is 6.92 Å². The SMILES string of the molecule is Cc1nc(-c2ccccc2)sc1C(=O)Nc1ccc(Oc2cc(-n3ccnc3)ncn2)cc1. The van der Waals surface area contributed by atoms with Crippen molar-refractivity contribution in [3.05, 3.63) is 96.3 Å². The van der Waals surface area contributed by atoms with E-state index in [1.165, 1.54) is 17.7 Å². The Bertz CT molecular complexity index is 1380. The number of nitrogens with one attached hydrogen (secondary N) is 1. The highest BCUT2D eigenvalue weighted by molar-refractivity contribution is 7.17. The van der Waals surface area contributed by atoms with Crippen LogP contribution < -0.4 is 10.1 Å². The zero-order chi connectivity index (χ0) is 22.6. The van der Waals surface area contributed by atoms with Gasteiger partial charge in [0.15, 0.2) is 0 Å². The van der Waals surface area contributed by atoms with Gasteiger partial charge in [-0.1, -0.05) is 30.3 Å². The first-order valence-corrected chi connectivity index (χ1v) is 10.9. The quantitative estimate of drug-likeness (QED) is 0.382. The van der Waals surface area contributed by atoms with Crippen LogP contribution in [0.5, 0.6) is 11.6 Å². The van der Waals surface area contributed by atoms with Crippen molar-refractivity contribution in [1.82, 2.24) is 24.5 Å².